The third-order valence-corrected chi connectivity index (χ3v) is 1.11. The van der Waals surface area contributed by atoms with Crippen molar-refractivity contribution in [3.8, 4) is 0 Å². The molecule has 0 bridgehead atoms. The van der Waals surface area contributed by atoms with Crippen LogP contribution < -0.4 is 0 Å². The second kappa shape index (κ2) is 18.6. The van der Waals surface area contributed by atoms with Gasteiger partial charge in [-0.25, -0.2) is 24.3 Å². The van der Waals surface area contributed by atoms with Crippen LogP contribution in [0.2, 0.25) is 0 Å². The first-order chi connectivity index (χ1) is 5.00. The van der Waals surface area contributed by atoms with Gasteiger partial charge in [0.2, 0.25) is 0 Å². The van der Waals surface area contributed by atoms with Crippen molar-refractivity contribution < 1.29 is 26.2 Å². The molecule has 0 saturated heterocycles. The van der Waals surface area contributed by atoms with Crippen molar-refractivity contribution in [1.29, 1.82) is 0 Å². The normalized spacial score (nSPS) is 5.71. The Morgan fingerprint density at radius 3 is 0.857 bits per heavy atom. The maximum atomic E-state index is 2.00. The largest absolute Gasteiger partial charge is 4.00 e. The van der Waals surface area contributed by atoms with Crippen molar-refractivity contribution in [3.63, 3.8) is 0 Å². The van der Waals surface area contributed by atoms with Gasteiger partial charge in [0.05, 0.1) is 0 Å². The summed E-state index contributed by atoms with van der Waals surface area (Å²) in [5.74, 6) is 0. The van der Waals surface area contributed by atoms with Gasteiger partial charge in [-0.1, -0.05) is 0 Å². The van der Waals surface area contributed by atoms with Gasteiger partial charge in [0.15, 0.2) is 0 Å². The molecule has 0 N–H and O–H groups in total. The summed E-state index contributed by atoms with van der Waals surface area (Å²) in [6.45, 7) is 0. The molecule has 2 rings (SSSR count). The molecular weight excluding hydrogens is 263 g/mol. The van der Waals surface area contributed by atoms with Gasteiger partial charge < -0.3 is 14.9 Å². The van der Waals surface area contributed by atoms with Crippen molar-refractivity contribution in [2.75, 3.05) is 0 Å². The maximum Gasteiger partial charge on any atom is 4.00 e. The second-order valence-electron chi connectivity index (χ2n) is 1.92. The first-order valence-electron chi connectivity index (χ1n) is 3.33. The Morgan fingerprint density at radius 2 is 0.786 bits per heavy atom. The Hall–Kier alpha value is -0.200. The third-order valence-electron chi connectivity index (χ3n) is 1.11. The van der Waals surface area contributed by atoms with Gasteiger partial charge in [0, 0.05) is 0 Å². The van der Waals surface area contributed by atoms with Crippen molar-refractivity contribution in [2.45, 2.75) is 0 Å². The van der Waals surface area contributed by atoms with Gasteiger partial charge in [-0.3, -0.25) is 0 Å². The standard InChI is InChI=1S/2C5H5.2CH3.H3Si.Zr/c2*1-2-4-5-3-1;;;;/h2*1-5H;3*1H3;/q4*-1;;+4. The fourth-order valence-corrected chi connectivity index (χ4v) is 0.642. The van der Waals surface area contributed by atoms with Crippen LogP contribution >= 0.6 is 0 Å². The van der Waals surface area contributed by atoms with Gasteiger partial charge in [-0.05, 0) is 11.0 Å². The molecule has 0 spiro atoms. The molecule has 0 unspecified atom stereocenters. The van der Waals surface area contributed by atoms with Gasteiger partial charge in [-0.15, -0.1) is 0 Å². The Bertz CT molecular complexity index is 150. The van der Waals surface area contributed by atoms with Crippen molar-refractivity contribution >= 4 is 11.0 Å². The molecule has 14 heavy (non-hydrogen) atoms. The van der Waals surface area contributed by atoms with E-state index >= 15 is 0 Å². The molecule has 2 aromatic rings. The summed E-state index contributed by atoms with van der Waals surface area (Å²) in [6.07, 6.45) is 0. The SMILES string of the molecule is [CH3-].[CH3-].[SiH3].[Zr+4].c1cc[cH-]c1.c1cc[cH-]c1. The average molecular weight is 283 g/mol. The first kappa shape index (κ1) is 23.5. The van der Waals surface area contributed by atoms with Crippen LogP contribution in [0.5, 0.6) is 0 Å². The molecule has 0 nitrogen and oxygen atoms in total. The molecule has 0 aliphatic heterocycles. The smallest absolute Gasteiger partial charge is 0.358 e. The summed E-state index contributed by atoms with van der Waals surface area (Å²) in [7, 11) is 0. The van der Waals surface area contributed by atoms with Gasteiger partial charge >= 0.3 is 26.2 Å². The van der Waals surface area contributed by atoms with Crippen LogP contribution in [0.4, 0.5) is 0 Å². The van der Waals surface area contributed by atoms with Crippen molar-refractivity contribution in [2.24, 2.45) is 0 Å². The van der Waals surface area contributed by atoms with Crippen LogP contribution in [-0.4, -0.2) is 11.0 Å². The van der Waals surface area contributed by atoms with E-state index in [4.69, 9.17) is 0 Å². The van der Waals surface area contributed by atoms with Crippen LogP contribution in [-0.2, 0) is 26.2 Å². The van der Waals surface area contributed by atoms with E-state index in [1.807, 2.05) is 60.7 Å². The number of hydrogen-bond donors (Lipinski definition) is 0. The van der Waals surface area contributed by atoms with E-state index in [9.17, 15) is 0 Å². The fraction of sp³-hybridized carbons (Fsp3) is 0. The zero-order chi connectivity index (χ0) is 7.07. The fourth-order valence-electron chi connectivity index (χ4n) is 0.642. The molecule has 0 aliphatic rings. The Labute approximate surface area is 112 Å². The molecule has 0 heterocycles. The summed E-state index contributed by atoms with van der Waals surface area (Å²) < 4.78 is 0. The Morgan fingerprint density at radius 1 is 0.571 bits per heavy atom. The van der Waals surface area contributed by atoms with Crippen LogP contribution in [0, 0.1) is 14.9 Å². The van der Waals surface area contributed by atoms with Gasteiger partial charge in [-0.2, -0.15) is 36.4 Å². The van der Waals surface area contributed by atoms with Crippen LogP contribution in [0.25, 0.3) is 0 Å². The Kier molecular flexibility index (Phi) is 31.2. The molecular formula is C12H19SiZr. The van der Waals surface area contributed by atoms with Crippen LogP contribution in [0.3, 0.4) is 0 Å². The number of hydrogen-bond acceptors (Lipinski definition) is 0. The molecule has 0 amide bonds. The van der Waals surface area contributed by atoms with Crippen molar-refractivity contribution in [3.05, 3.63) is 75.5 Å². The number of rotatable bonds is 0. The van der Waals surface area contributed by atoms with Crippen molar-refractivity contribution in [1.82, 2.24) is 0 Å². The van der Waals surface area contributed by atoms with Gasteiger partial charge in [0.25, 0.3) is 0 Å². The maximum absolute atomic E-state index is 2.00. The summed E-state index contributed by atoms with van der Waals surface area (Å²) in [4.78, 5) is 0. The third kappa shape index (κ3) is 14.3. The van der Waals surface area contributed by atoms with E-state index in [-0.39, 0.29) is 52.0 Å². The van der Waals surface area contributed by atoms with E-state index in [2.05, 4.69) is 0 Å². The quantitative estimate of drug-likeness (QED) is 0.514. The zero-order valence-electron chi connectivity index (χ0n) is 9.27. The summed E-state index contributed by atoms with van der Waals surface area (Å²) in [5.41, 5.74) is 0. The second-order valence-corrected chi connectivity index (χ2v) is 1.92. The summed E-state index contributed by atoms with van der Waals surface area (Å²) >= 11 is 0. The monoisotopic (exact) mass is 281 g/mol. The molecule has 0 fully saturated rings. The van der Waals surface area contributed by atoms with E-state index in [1.54, 1.807) is 0 Å². The predicted molar refractivity (Wildman–Crippen MR) is 66.8 cm³/mol. The molecule has 0 saturated carbocycles. The molecule has 0 aromatic heterocycles. The average Bonchev–Trinajstić information content (AvgIpc) is 2.67. The molecule has 75 valence electrons. The van der Waals surface area contributed by atoms with E-state index in [1.165, 1.54) is 0 Å². The van der Waals surface area contributed by atoms with E-state index in [0.29, 0.717) is 0 Å². The van der Waals surface area contributed by atoms with Crippen LogP contribution in [0.1, 0.15) is 0 Å². The minimum Gasteiger partial charge on any atom is -0.358 e. The molecule has 2 heteroatoms. The Balaban J connectivity index is -0.0000000556. The topological polar surface area (TPSA) is 0 Å². The minimum atomic E-state index is 0. The summed E-state index contributed by atoms with van der Waals surface area (Å²) in [5, 5.41) is 0. The summed E-state index contributed by atoms with van der Waals surface area (Å²) in [6, 6.07) is 20.0. The molecule has 1 radical (unpaired) electrons. The molecule has 2 aromatic carbocycles. The van der Waals surface area contributed by atoms with Gasteiger partial charge in [0.1, 0.15) is 0 Å². The van der Waals surface area contributed by atoms with E-state index in [0.717, 1.165) is 0 Å². The molecule has 0 atom stereocenters. The van der Waals surface area contributed by atoms with Crippen LogP contribution in [0.15, 0.2) is 60.7 Å². The zero-order valence-corrected chi connectivity index (χ0v) is 13.7. The predicted octanol–water partition coefficient (Wildman–Crippen LogP) is 2.53. The van der Waals surface area contributed by atoms with E-state index < -0.39 is 0 Å². The minimum absolute atomic E-state index is 0. The first-order valence-corrected chi connectivity index (χ1v) is 3.33. The molecule has 0 aliphatic carbocycles.